The molecule has 4 N–H and O–H groups in total. The molecule has 1 aromatic heterocycles. The molecule has 2 amide bonds. The molecule has 0 bridgehead atoms. The summed E-state index contributed by atoms with van der Waals surface area (Å²) in [6.07, 6.45) is 1.82. The standard InChI is InChI=1S/C26H31N5O3/c1-16(32)31-10-8-17(9-11-31)25-29-21-7-6-19(13-22(21)30-25)26(34)28-15-24(33)23-12-18-4-2-3-5-20(18)14-27-23/h2-7,13,17,23-24,27,33H,8-12,14-15H2,1H3,(H,28,34)(H,29,30). The molecular weight excluding hydrogens is 430 g/mol. The van der Waals surface area contributed by atoms with E-state index in [1.165, 1.54) is 11.1 Å². The average Bonchev–Trinajstić information content (AvgIpc) is 3.30. The number of nitrogens with zero attached hydrogens (tertiary/aromatic N) is 2. The van der Waals surface area contributed by atoms with Gasteiger partial charge in [-0.2, -0.15) is 0 Å². The van der Waals surface area contributed by atoms with Gasteiger partial charge in [0.25, 0.3) is 5.91 Å². The lowest BCUT2D eigenvalue weighted by molar-refractivity contribution is -0.129. The van der Waals surface area contributed by atoms with Gasteiger partial charge in [0.05, 0.1) is 17.1 Å². The summed E-state index contributed by atoms with van der Waals surface area (Å²) in [6, 6.07) is 13.6. The largest absolute Gasteiger partial charge is 0.390 e. The number of aromatic nitrogens is 2. The Kier molecular flexibility index (Phi) is 6.34. The number of H-pyrrole nitrogens is 1. The number of imidazole rings is 1. The molecule has 2 unspecified atom stereocenters. The van der Waals surface area contributed by atoms with Crippen LogP contribution < -0.4 is 10.6 Å². The zero-order valence-electron chi connectivity index (χ0n) is 19.4. The topological polar surface area (TPSA) is 110 Å². The molecule has 178 valence electrons. The number of aliphatic hydroxyl groups excluding tert-OH is 1. The molecule has 3 heterocycles. The van der Waals surface area contributed by atoms with Crippen LogP contribution in [0.4, 0.5) is 0 Å². The zero-order valence-corrected chi connectivity index (χ0v) is 19.4. The summed E-state index contributed by atoms with van der Waals surface area (Å²) in [6.45, 7) is 4.00. The Hall–Kier alpha value is -3.23. The third-order valence-corrected chi connectivity index (χ3v) is 7.14. The van der Waals surface area contributed by atoms with E-state index in [2.05, 4.69) is 27.8 Å². The maximum atomic E-state index is 12.8. The summed E-state index contributed by atoms with van der Waals surface area (Å²) in [5.74, 6) is 1.09. The molecule has 1 saturated heterocycles. The van der Waals surface area contributed by atoms with Gasteiger partial charge in [0.15, 0.2) is 0 Å². The number of carbonyl (C=O) groups is 2. The molecule has 5 rings (SSSR count). The molecule has 0 spiro atoms. The van der Waals surface area contributed by atoms with Gasteiger partial charge in [-0.15, -0.1) is 0 Å². The Balaban J connectivity index is 1.19. The van der Waals surface area contributed by atoms with E-state index in [1.807, 2.05) is 29.2 Å². The van der Waals surface area contributed by atoms with Crippen molar-refractivity contribution in [1.29, 1.82) is 0 Å². The number of aromatic amines is 1. The highest BCUT2D eigenvalue weighted by Crippen LogP contribution is 2.28. The van der Waals surface area contributed by atoms with Crippen LogP contribution in [0, 0.1) is 0 Å². The van der Waals surface area contributed by atoms with E-state index in [1.54, 1.807) is 13.0 Å². The van der Waals surface area contributed by atoms with E-state index in [9.17, 15) is 14.7 Å². The normalized spacial score (nSPS) is 19.6. The first-order valence-electron chi connectivity index (χ1n) is 12.0. The third-order valence-electron chi connectivity index (χ3n) is 7.14. The highest BCUT2D eigenvalue weighted by Gasteiger charge is 2.26. The van der Waals surface area contributed by atoms with Crippen molar-refractivity contribution in [3.8, 4) is 0 Å². The molecular formula is C26H31N5O3. The maximum Gasteiger partial charge on any atom is 0.251 e. The summed E-state index contributed by atoms with van der Waals surface area (Å²) in [5, 5.41) is 16.9. The second kappa shape index (κ2) is 9.56. The van der Waals surface area contributed by atoms with Gasteiger partial charge in [-0.3, -0.25) is 9.59 Å². The predicted molar refractivity (Wildman–Crippen MR) is 129 cm³/mol. The minimum atomic E-state index is -0.680. The smallest absolute Gasteiger partial charge is 0.251 e. The van der Waals surface area contributed by atoms with Crippen LogP contribution in [0.2, 0.25) is 0 Å². The first-order chi connectivity index (χ1) is 16.5. The molecule has 0 saturated carbocycles. The van der Waals surface area contributed by atoms with Crippen molar-refractivity contribution in [1.82, 2.24) is 25.5 Å². The molecule has 34 heavy (non-hydrogen) atoms. The number of carbonyl (C=O) groups excluding carboxylic acids is 2. The van der Waals surface area contributed by atoms with Crippen molar-refractivity contribution in [2.24, 2.45) is 0 Å². The van der Waals surface area contributed by atoms with Gasteiger partial charge in [-0.05, 0) is 48.6 Å². The summed E-state index contributed by atoms with van der Waals surface area (Å²) < 4.78 is 0. The summed E-state index contributed by atoms with van der Waals surface area (Å²) in [4.78, 5) is 34.3. The van der Waals surface area contributed by atoms with Gasteiger partial charge in [0.2, 0.25) is 5.91 Å². The first kappa shape index (κ1) is 22.6. The van der Waals surface area contributed by atoms with Crippen LogP contribution in [-0.2, 0) is 17.8 Å². The number of amides is 2. The van der Waals surface area contributed by atoms with Crippen LogP contribution in [0.25, 0.3) is 11.0 Å². The highest BCUT2D eigenvalue weighted by molar-refractivity contribution is 5.97. The van der Waals surface area contributed by atoms with Gasteiger partial charge in [0.1, 0.15) is 5.82 Å². The number of rotatable bonds is 5. The van der Waals surface area contributed by atoms with Crippen molar-refractivity contribution in [2.45, 2.75) is 50.8 Å². The van der Waals surface area contributed by atoms with Crippen LogP contribution in [0.5, 0.6) is 0 Å². The van der Waals surface area contributed by atoms with Crippen LogP contribution in [0.3, 0.4) is 0 Å². The Bertz CT molecular complexity index is 1200. The lowest BCUT2D eigenvalue weighted by Gasteiger charge is -2.30. The van der Waals surface area contributed by atoms with Gasteiger partial charge in [-0.1, -0.05) is 24.3 Å². The first-order valence-corrected chi connectivity index (χ1v) is 12.0. The molecule has 2 aliphatic rings. The van der Waals surface area contributed by atoms with Crippen molar-refractivity contribution >= 4 is 22.8 Å². The lowest BCUT2D eigenvalue weighted by atomic mass is 9.93. The van der Waals surface area contributed by atoms with Gasteiger partial charge >= 0.3 is 0 Å². The SMILES string of the molecule is CC(=O)N1CCC(c2nc3ccc(C(=O)NCC(O)C4Cc5ccccc5CN4)cc3[nH]2)CC1. The van der Waals surface area contributed by atoms with Crippen LogP contribution >= 0.6 is 0 Å². The minimum Gasteiger partial charge on any atom is -0.390 e. The number of aliphatic hydroxyl groups is 1. The predicted octanol–water partition coefficient (Wildman–Crippen LogP) is 2.09. The van der Waals surface area contributed by atoms with Crippen LogP contribution in [-0.4, -0.2) is 63.6 Å². The molecule has 0 radical (unpaired) electrons. The summed E-state index contributed by atoms with van der Waals surface area (Å²) >= 11 is 0. The summed E-state index contributed by atoms with van der Waals surface area (Å²) in [5.41, 5.74) is 4.67. The number of fused-ring (bicyclic) bond motifs is 2. The van der Waals surface area contributed by atoms with Gasteiger partial charge in [0, 0.05) is 50.6 Å². The van der Waals surface area contributed by atoms with E-state index in [4.69, 9.17) is 4.98 Å². The van der Waals surface area contributed by atoms with Crippen molar-refractivity contribution in [3.05, 3.63) is 65.0 Å². The molecule has 8 nitrogen and oxygen atoms in total. The number of likely N-dealkylation sites (tertiary alicyclic amines) is 1. The minimum absolute atomic E-state index is 0.0951. The number of benzene rings is 2. The average molecular weight is 462 g/mol. The van der Waals surface area contributed by atoms with E-state index >= 15 is 0 Å². The number of hydrogen-bond acceptors (Lipinski definition) is 5. The number of nitrogens with one attached hydrogen (secondary N) is 3. The van der Waals surface area contributed by atoms with E-state index in [0.717, 1.165) is 55.8 Å². The fraction of sp³-hybridized carbons (Fsp3) is 0.423. The quantitative estimate of drug-likeness (QED) is 0.465. The van der Waals surface area contributed by atoms with Crippen molar-refractivity contribution < 1.29 is 14.7 Å². The Morgan fingerprint density at radius 2 is 1.94 bits per heavy atom. The van der Waals surface area contributed by atoms with Crippen molar-refractivity contribution in [2.75, 3.05) is 19.6 Å². The third kappa shape index (κ3) is 4.69. The monoisotopic (exact) mass is 461 g/mol. The molecule has 8 heteroatoms. The second-order valence-corrected chi connectivity index (χ2v) is 9.37. The second-order valence-electron chi connectivity index (χ2n) is 9.37. The Morgan fingerprint density at radius 1 is 1.18 bits per heavy atom. The fourth-order valence-corrected chi connectivity index (χ4v) is 5.02. The maximum absolute atomic E-state index is 12.8. The van der Waals surface area contributed by atoms with Gasteiger partial charge < -0.3 is 25.6 Å². The summed E-state index contributed by atoms with van der Waals surface area (Å²) in [7, 11) is 0. The lowest BCUT2D eigenvalue weighted by Crippen LogP contribution is -2.49. The number of piperidine rings is 1. The van der Waals surface area contributed by atoms with Gasteiger partial charge in [-0.25, -0.2) is 4.98 Å². The molecule has 1 fully saturated rings. The van der Waals surface area contributed by atoms with Crippen LogP contribution in [0.15, 0.2) is 42.5 Å². The Labute approximate surface area is 198 Å². The van der Waals surface area contributed by atoms with E-state index in [0.29, 0.717) is 5.56 Å². The highest BCUT2D eigenvalue weighted by atomic mass is 16.3. The van der Waals surface area contributed by atoms with E-state index in [-0.39, 0.29) is 30.3 Å². The Morgan fingerprint density at radius 3 is 2.71 bits per heavy atom. The van der Waals surface area contributed by atoms with Crippen LogP contribution in [0.1, 0.15) is 53.0 Å². The van der Waals surface area contributed by atoms with E-state index < -0.39 is 6.10 Å². The molecule has 0 aliphatic carbocycles. The fourth-order valence-electron chi connectivity index (χ4n) is 5.02. The van der Waals surface area contributed by atoms with Crippen molar-refractivity contribution in [3.63, 3.8) is 0 Å². The molecule has 2 aliphatic heterocycles. The number of hydrogen-bond donors (Lipinski definition) is 4. The molecule has 3 aromatic rings. The molecule has 2 atom stereocenters. The molecule has 2 aromatic carbocycles. The zero-order chi connectivity index (χ0) is 23.7.